The normalized spacial score (nSPS) is 10.1. The first-order chi connectivity index (χ1) is 8.09. The van der Waals surface area contributed by atoms with Crippen LogP contribution >= 0.6 is 0 Å². The summed E-state index contributed by atoms with van der Waals surface area (Å²) in [6.07, 6.45) is 4.17. The van der Waals surface area contributed by atoms with Crippen LogP contribution in [0.15, 0.2) is 30.9 Å². The smallest absolute Gasteiger partial charge is 0.354 e. The van der Waals surface area contributed by atoms with E-state index in [0.717, 1.165) is 12.1 Å². The van der Waals surface area contributed by atoms with Crippen LogP contribution < -0.4 is 0 Å². The van der Waals surface area contributed by atoms with Gasteiger partial charge < -0.3 is 5.11 Å². The van der Waals surface area contributed by atoms with Crippen LogP contribution in [0.2, 0.25) is 0 Å². The van der Waals surface area contributed by atoms with Crippen LogP contribution in [0.25, 0.3) is 5.82 Å². The second kappa shape index (κ2) is 4.00. The summed E-state index contributed by atoms with van der Waals surface area (Å²) in [6, 6.07) is 2.19. The summed E-state index contributed by atoms with van der Waals surface area (Å²) in [7, 11) is 0. The lowest BCUT2D eigenvalue weighted by Crippen LogP contribution is -2.07. The molecule has 0 aromatic carbocycles. The summed E-state index contributed by atoms with van der Waals surface area (Å²) in [6.45, 7) is 0. The molecule has 86 valence electrons. The molecule has 2 rings (SSSR count). The zero-order valence-electron chi connectivity index (χ0n) is 8.35. The van der Waals surface area contributed by atoms with Crippen molar-refractivity contribution in [2.45, 2.75) is 0 Å². The van der Waals surface area contributed by atoms with E-state index in [-0.39, 0.29) is 17.2 Å². The standard InChI is InChI=1S/C9H6N4O4/c14-9(15)6-1-2-7(13(16)17)8(11-6)12-4-3-10-5-12/h1-5H,(H,14,15). The Morgan fingerprint density at radius 3 is 2.76 bits per heavy atom. The minimum atomic E-state index is -1.25. The average molecular weight is 234 g/mol. The number of aromatic nitrogens is 3. The van der Waals surface area contributed by atoms with Crippen molar-refractivity contribution in [3.63, 3.8) is 0 Å². The minimum Gasteiger partial charge on any atom is -0.477 e. The first-order valence-electron chi connectivity index (χ1n) is 4.46. The van der Waals surface area contributed by atoms with Gasteiger partial charge in [-0.15, -0.1) is 0 Å². The van der Waals surface area contributed by atoms with Gasteiger partial charge in [-0.1, -0.05) is 0 Å². The fourth-order valence-electron chi connectivity index (χ4n) is 1.28. The maximum atomic E-state index is 10.8. The molecule has 0 unspecified atom stereocenters. The molecular weight excluding hydrogens is 228 g/mol. The van der Waals surface area contributed by atoms with Crippen molar-refractivity contribution < 1.29 is 14.8 Å². The van der Waals surface area contributed by atoms with Crippen molar-refractivity contribution >= 4 is 11.7 Å². The van der Waals surface area contributed by atoms with Gasteiger partial charge in [0.2, 0.25) is 5.82 Å². The number of hydrogen-bond acceptors (Lipinski definition) is 5. The SMILES string of the molecule is O=C(O)c1ccc([N+](=O)[O-])c(-n2ccnc2)n1. The van der Waals surface area contributed by atoms with Crippen LogP contribution in [0, 0.1) is 10.1 Å². The highest BCUT2D eigenvalue weighted by Gasteiger charge is 2.19. The molecule has 0 fully saturated rings. The van der Waals surface area contributed by atoms with Crippen molar-refractivity contribution in [3.8, 4) is 5.82 Å². The Morgan fingerprint density at radius 2 is 2.24 bits per heavy atom. The third-order valence-electron chi connectivity index (χ3n) is 2.02. The number of imidazole rings is 1. The van der Waals surface area contributed by atoms with Crippen LogP contribution in [-0.2, 0) is 0 Å². The number of rotatable bonds is 3. The molecule has 17 heavy (non-hydrogen) atoms. The second-order valence-electron chi connectivity index (χ2n) is 3.07. The van der Waals surface area contributed by atoms with Crippen LogP contribution in [-0.4, -0.2) is 30.5 Å². The highest BCUT2D eigenvalue weighted by molar-refractivity contribution is 5.86. The number of nitro groups is 1. The Kier molecular flexibility index (Phi) is 2.53. The number of aromatic carboxylic acids is 1. The van der Waals surface area contributed by atoms with Gasteiger partial charge in [0.05, 0.1) is 4.92 Å². The van der Waals surface area contributed by atoms with Gasteiger partial charge >= 0.3 is 11.7 Å². The van der Waals surface area contributed by atoms with E-state index in [2.05, 4.69) is 9.97 Å². The van der Waals surface area contributed by atoms with E-state index in [1.165, 1.54) is 23.3 Å². The van der Waals surface area contributed by atoms with Crippen molar-refractivity contribution in [3.05, 3.63) is 46.7 Å². The number of carbonyl (C=O) groups is 1. The summed E-state index contributed by atoms with van der Waals surface area (Å²) in [4.78, 5) is 28.3. The van der Waals surface area contributed by atoms with Crippen molar-refractivity contribution in [2.75, 3.05) is 0 Å². The molecule has 2 aromatic heterocycles. The zero-order chi connectivity index (χ0) is 12.4. The Hall–Kier alpha value is -2.77. The second-order valence-corrected chi connectivity index (χ2v) is 3.07. The van der Waals surface area contributed by atoms with Gasteiger partial charge in [-0.3, -0.25) is 14.7 Å². The largest absolute Gasteiger partial charge is 0.477 e. The molecule has 0 saturated heterocycles. The van der Waals surface area contributed by atoms with Gasteiger partial charge in [0.15, 0.2) is 5.69 Å². The molecule has 0 spiro atoms. The monoisotopic (exact) mass is 234 g/mol. The molecular formula is C9H6N4O4. The molecule has 0 amide bonds. The lowest BCUT2D eigenvalue weighted by atomic mass is 10.3. The van der Waals surface area contributed by atoms with Gasteiger partial charge in [0.25, 0.3) is 0 Å². The molecule has 0 aliphatic rings. The number of nitrogens with zero attached hydrogens (tertiary/aromatic N) is 4. The van der Waals surface area contributed by atoms with Gasteiger partial charge in [0, 0.05) is 18.5 Å². The molecule has 2 aromatic rings. The van der Waals surface area contributed by atoms with E-state index >= 15 is 0 Å². The molecule has 8 nitrogen and oxygen atoms in total. The zero-order valence-corrected chi connectivity index (χ0v) is 8.35. The Morgan fingerprint density at radius 1 is 1.47 bits per heavy atom. The van der Waals surface area contributed by atoms with E-state index < -0.39 is 10.9 Å². The summed E-state index contributed by atoms with van der Waals surface area (Å²) in [5, 5.41) is 19.6. The third-order valence-corrected chi connectivity index (χ3v) is 2.02. The van der Waals surface area contributed by atoms with Gasteiger partial charge in [-0.25, -0.2) is 14.8 Å². The lowest BCUT2D eigenvalue weighted by Gasteiger charge is -2.03. The minimum absolute atomic E-state index is 0.0765. The van der Waals surface area contributed by atoms with E-state index in [1.54, 1.807) is 0 Å². The molecule has 2 heterocycles. The number of carboxylic acids is 1. The van der Waals surface area contributed by atoms with E-state index in [9.17, 15) is 14.9 Å². The average Bonchev–Trinajstić information content (AvgIpc) is 2.81. The summed E-state index contributed by atoms with van der Waals surface area (Å²) >= 11 is 0. The van der Waals surface area contributed by atoms with Gasteiger partial charge in [-0.05, 0) is 6.07 Å². The van der Waals surface area contributed by atoms with E-state index in [0.29, 0.717) is 0 Å². The Labute approximate surface area is 94.3 Å². The highest BCUT2D eigenvalue weighted by atomic mass is 16.6. The maximum Gasteiger partial charge on any atom is 0.354 e. The molecule has 1 N–H and O–H groups in total. The summed E-state index contributed by atoms with van der Waals surface area (Å²) in [5.74, 6) is -1.33. The molecule has 0 aliphatic heterocycles. The number of pyridine rings is 1. The van der Waals surface area contributed by atoms with Crippen LogP contribution in [0.4, 0.5) is 5.69 Å². The van der Waals surface area contributed by atoms with Crippen LogP contribution in [0.5, 0.6) is 0 Å². The lowest BCUT2D eigenvalue weighted by molar-refractivity contribution is -0.384. The van der Waals surface area contributed by atoms with E-state index in [1.807, 2.05) is 0 Å². The summed E-state index contributed by atoms with van der Waals surface area (Å²) in [5.41, 5.74) is -0.549. The summed E-state index contributed by atoms with van der Waals surface area (Å²) < 4.78 is 1.28. The first kappa shape index (κ1) is 10.7. The third kappa shape index (κ3) is 1.95. The van der Waals surface area contributed by atoms with Crippen LogP contribution in [0.1, 0.15) is 10.5 Å². The Balaban J connectivity index is 2.64. The van der Waals surface area contributed by atoms with E-state index in [4.69, 9.17) is 5.11 Å². The predicted octanol–water partition coefficient (Wildman–Crippen LogP) is 0.874. The topological polar surface area (TPSA) is 111 Å². The maximum absolute atomic E-state index is 10.8. The molecule has 0 aliphatic carbocycles. The van der Waals surface area contributed by atoms with Crippen molar-refractivity contribution in [1.29, 1.82) is 0 Å². The fourth-order valence-corrected chi connectivity index (χ4v) is 1.28. The molecule has 0 saturated carbocycles. The predicted molar refractivity (Wildman–Crippen MR) is 55.0 cm³/mol. The number of hydrogen-bond donors (Lipinski definition) is 1. The highest BCUT2D eigenvalue weighted by Crippen LogP contribution is 2.20. The van der Waals surface area contributed by atoms with Crippen LogP contribution in [0.3, 0.4) is 0 Å². The van der Waals surface area contributed by atoms with Gasteiger partial charge in [-0.2, -0.15) is 0 Å². The quantitative estimate of drug-likeness (QED) is 0.623. The molecule has 0 radical (unpaired) electrons. The van der Waals surface area contributed by atoms with Crippen molar-refractivity contribution in [1.82, 2.24) is 14.5 Å². The molecule has 0 atom stereocenters. The Bertz CT molecular complexity index is 579. The number of carboxylic acid groups (broad SMARTS) is 1. The fraction of sp³-hybridized carbons (Fsp3) is 0. The van der Waals surface area contributed by atoms with Gasteiger partial charge in [0.1, 0.15) is 6.33 Å². The molecule has 8 heteroatoms. The molecule has 0 bridgehead atoms. The van der Waals surface area contributed by atoms with Crippen molar-refractivity contribution in [2.24, 2.45) is 0 Å². The first-order valence-corrected chi connectivity index (χ1v) is 4.46.